The summed E-state index contributed by atoms with van der Waals surface area (Å²) in [5, 5.41) is 7.69. The molecule has 1 rings (SSSR count). The van der Waals surface area contributed by atoms with Crippen molar-refractivity contribution in [1.29, 1.82) is 0 Å². The molecule has 0 fully saturated rings. The molecule has 0 radical (unpaired) electrons. The van der Waals surface area contributed by atoms with Crippen molar-refractivity contribution in [2.45, 2.75) is 0 Å². The molecule has 0 saturated heterocycles. The Kier molecular flexibility index (Phi) is 1.62. The van der Waals surface area contributed by atoms with Crippen LogP contribution >= 0.6 is 11.8 Å². The van der Waals surface area contributed by atoms with Gasteiger partial charge in [-0.1, -0.05) is 13.2 Å². The van der Waals surface area contributed by atoms with Crippen molar-refractivity contribution >= 4 is 16.8 Å². The third kappa shape index (κ3) is 1.16. The molecule has 0 aromatic heterocycles. The summed E-state index contributed by atoms with van der Waals surface area (Å²) in [4.78, 5) is 0. The zero-order valence-corrected chi connectivity index (χ0v) is 6.11. The molecule has 0 bridgehead atoms. The quantitative estimate of drug-likeness (QED) is 0.550. The fourth-order valence-electron chi connectivity index (χ4n) is 0.493. The van der Waals surface area contributed by atoms with Gasteiger partial charge in [0.15, 0.2) is 0 Å². The molecule has 0 aliphatic carbocycles. The van der Waals surface area contributed by atoms with Gasteiger partial charge in [-0.15, -0.1) is 0 Å². The van der Waals surface area contributed by atoms with Crippen molar-refractivity contribution in [2.24, 2.45) is 5.10 Å². The molecule has 3 heteroatoms. The van der Waals surface area contributed by atoms with Gasteiger partial charge in [0.05, 0.1) is 5.03 Å². The Bertz CT molecular complexity index is 183. The van der Waals surface area contributed by atoms with E-state index in [0.717, 1.165) is 10.1 Å². The Hall–Kier alpha value is -0.700. The number of hydrogen-bond donors (Lipinski definition) is 0. The molecule has 9 heavy (non-hydrogen) atoms. The highest BCUT2D eigenvalue weighted by molar-refractivity contribution is 8.17. The first-order valence-electron chi connectivity index (χ1n) is 2.55. The van der Waals surface area contributed by atoms with E-state index in [2.05, 4.69) is 18.3 Å². The van der Waals surface area contributed by atoms with Crippen molar-refractivity contribution < 1.29 is 0 Å². The summed E-state index contributed by atoms with van der Waals surface area (Å²) in [7, 11) is 1.87. The minimum atomic E-state index is 0.919. The highest BCUT2D eigenvalue weighted by Crippen LogP contribution is 2.26. The molecule has 0 spiro atoms. The fraction of sp³-hybridized carbons (Fsp3) is 0.167. The second kappa shape index (κ2) is 2.27. The van der Waals surface area contributed by atoms with E-state index in [1.54, 1.807) is 11.1 Å². The summed E-state index contributed by atoms with van der Waals surface area (Å²) >= 11 is 1.54. The van der Waals surface area contributed by atoms with E-state index >= 15 is 0 Å². The number of hydrazone groups is 1. The minimum absolute atomic E-state index is 0.919. The molecule has 0 unspecified atom stereocenters. The Morgan fingerprint density at radius 3 is 2.67 bits per heavy atom. The van der Waals surface area contributed by atoms with Crippen LogP contribution in [0.25, 0.3) is 0 Å². The molecule has 0 N–H and O–H groups in total. The number of hydrogen-bond acceptors (Lipinski definition) is 3. The first-order valence-corrected chi connectivity index (χ1v) is 3.37. The van der Waals surface area contributed by atoms with Crippen molar-refractivity contribution in [3.8, 4) is 0 Å². The molecule has 0 aromatic carbocycles. The van der Waals surface area contributed by atoms with E-state index in [1.807, 2.05) is 7.05 Å². The molecule has 0 amide bonds. The average molecular weight is 140 g/mol. The fourth-order valence-corrected chi connectivity index (χ4v) is 1.15. The molecule has 1 aliphatic rings. The Morgan fingerprint density at radius 1 is 1.78 bits per heavy atom. The summed E-state index contributed by atoms with van der Waals surface area (Å²) in [5.74, 6) is 0. The lowest BCUT2D eigenvalue weighted by atomic mass is 10.7. The Balaban J connectivity index is 2.73. The molecule has 48 valence electrons. The van der Waals surface area contributed by atoms with Crippen LogP contribution in [0.4, 0.5) is 0 Å². The maximum Gasteiger partial charge on any atom is 0.122 e. The van der Waals surface area contributed by atoms with Gasteiger partial charge in [-0.25, -0.2) is 0 Å². The third-order valence-corrected chi connectivity index (χ3v) is 1.96. The molecule has 0 aromatic rings. The van der Waals surface area contributed by atoms with Crippen molar-refractivity contribution in [1.82, 2.24) is 5.01 Å². The smallest absolute Gasteiger partial charge is 0.122 e. The second-order valence-electron chi connectivity index (χ2n) is 1.66. The highest BCUT2D eigenvalue weighted by atomic mass is 32.2. The summed E-state index contributed by atoms with van der Waals surface area (Å²) in [6, 6.07) is 0. The van der Waals surface area contributed by atoms with Gasteiger partial charge in [-0.3, -0.25) is 5.01 Å². The monoisotopic (exact) mass is 140 g/mol. The summed E-state index contributed by atoms with van der Waals surface area (Å²) in [6.07, 6.45) is 1.72. The number of thioether (sulfide) groups is 1. The molecule has 1 aliphatic heterocycles. The van der Waals surface area contributed by atoms with Crippen molar-refractivity contribution in [2.75, 3.05) is 7.05 Å². The molecule has 0 atom stereocenters. The van der Waals surface area contributed by atoms with Crippen molar-refractivity contribution in [3.05, 3.63) is 24.3 Å². The third-order valence-electron chi connectivity index (χ3n) is 1.01. The molecule has 1 heterocycles. The van der Waals surface area contributed by atoms with Crippen LogP contribution < -0.4 is 0 Å². The van der Waals surface area contributed by atoms with Crippen LogP contribution in [0.1, 0.15) is 0 Å². The zero-order chi connectivity index (χ0) is 6.85. The normalized spacial score (nSPS) is 18.1. The summed E-state index contributed by atoms with van der Waals surface area (Å²) < 4.78 is 0. The molecule has 0 saturated carbocycles. The van der Waals surface area contributed by atoms with Crippen molar-refractivity contribution in [3.63, 3.8) is 0 Å². The van der Waals surface area contributed by atoms with E-state index in [9.17, 15) is 0 Å². The Morgan fingerprint density at radius 2 is 2.44 bits per heavy atom. The zero-order valence-electron chi connectivity index (χ0n) is 5.29. The predicted octanol–water partition coefficient (Wildman–Crippen LogP) is 1.64. The minimum Gasteiger partial charge on any atom is -0.261 e. The van der Waals surface area contributed by atoms with Gasteiger partial charge in [-0.2, -0.15) is 5.10 Å². The van der Waals surface area contributed by atoms with E-state index in [1.165, 1.54) is 11.8 Å². The van der Waals surface area contributed by atoms with Crippen LogP contribution in [0, 0.1) is 0 Å². The lowest BCUT2D eigenvalue weighted by molar-refractivity contribution is 0.489. The van der Waals surface area contributed by atoms with Crippen LogP contribution in [-0.2, 0) is 0 Å². The maximum atomic E-state index is 4.08. The van der Waals surface area contributed by atoms with Crippen LogP contribution in [0.2, 0.25) is 0 Å². The van der Waals surface area contributed by atoms with E-state index < -0.39 is 0 Å². The second-order valence-corrected chi connectivity index (χ2v) is 2.76. The van der Waals surface area contributed by atoms with Crippen LogP contribution in [0.15, 0.2) is 29.4 Å². The van der Waals surface area contributed by atoms with Gasteiger partial charge >= 0.3 is 0 Å². The predicted molar refractivity (Wildman–Crippen MR) is 42.1 cm³/mol. The van der Waals surface area contributed by atoms with Gasteiger partial charge in [-0.05, 0) is 17.8 Å². The van der Waals surface area contributed by atoms with Gasteiger partial charge < -0.3 is 0 Å². The lowest BCUT2D eigenvalue weighted by Gasteiger charge is -2.02. The number of nitrogens with zero attached hydrogens (tertiary/aromatic N) is 2. The van der Waals surface area contributed by atoms with Gasteiger partial charge in [0.1, 0.15) is 5.04 Å². The first kappa shape index (κ1) is 6.42. The van der Waals surface area contributed by atoms with E-state index in [0.29, 0.717) is 0 Å². The van der Waals surface area contributed by atoms with Gasteiger partial charge in [0, 0.05) is 7.05 Å². The largest absolute Gasteiger partial charge is 0.261 e. The van der Waals surface area contributed by atoms with Gasteiger partial charge in [0.25, 0.3) is 0 Å². The first-order chi connectivity index (χ1) is 4.24. The molecule has 2 nitrogen and oxygen atoms in total. The standard InChI is InChI=1S/C6H8N2S/c1-4-6-7-8(3)5(2)9-6/h4H,1-2H2,3H3. The maximum absolute atomic E-state index is 4.08. The van der Waals surface area contributed by atoms with Crippen LogP contribution in [0.5, 0.6) is 0 Å². The number of rotatable bonds is 1. The topological polar surface area (TPSA) is 15.6 Å². The molecular weight excluding hydrogens is 132 g/mol. The van der Waals surface area contributed by atoms with Crippen LogP contribution in [0.3, 0.4) is 0 Å². The lowest BCUT2D eigenvalue weighted by Crippen LogP contribution is -2.00. The van der Waals surface area contributed by atoms with Crippen LogP contribution in [-0.4, -0.2) is 17.1 Å². The SMILES string of the molecule is C=CC1=NN(C)C(=C)S1. The van der Waals surface area contributed by atoms with Gasteiger partial charge in [0.2, 0.25) is 0 Å². The Labute approximate surface area is 58.9 Å². The summed E-state index contributed by atoms with van der Waals surface area (Å²) in [6.45, 7) is 7.35. The van der Waals surface area contributed by atoms with E-state index in [-0.39, 0.29) is 0 Å². The highest BCUT2D eigenvalue weighted by Gasteiger charge is 2.11. The molecular formula is C6H8N2S. The summed E-state index contributed by atoms with van der Waals surface area (Å²) in [5.41, 5.74) is 0. The van der Waals surface area contributed by atoms with E-state index in [4.69, 9.17) is 0 Å². The average Bonchev–Trinajstić information content (AvgIpc) is 2.13.